The predicted molar refractivity (Wildman–Crippen MR) is 140 cm³/mol. The zero-order valence-corrected chi connectivity index (χ0v) is 21.8. The summed E-state index contributed by atoms with van der Waals surface area (Å²) in [4.78, 5) is 12.8. The van der Waals surface area contributed by atoms with E-state index >= 15 is 0 Å². The standard InChI is InChI=1S/C26H31BF3N2O4S/c1-5-20-9-6-7-10-23(20)19(4)16-32(14-8-13-31-25(33)18(2)3)17-21-15-22(11-12-24(21)27-34)37(35,36)26(28,29)30/h6-7,9-12,15,34H,2,4-5,8,13-14,16-17H2,1,3H3,(H,31,33). The number of alkyl halides is 3. The molecule has 0 aliphatic carbocycles. The molecule has 37 heavy (non-hydrogen) atoms. The van der Waals surface area contributed by atoms with Gasteiger partial charge >= 0.3 is 13.0 Å². The number of nitrogens with one attached hydrogen (secondary N) is 1. The first-order valence-corrected chi connectivity index (χ1v) is 13.1. The summed E-state index contributed by atoms with van der Waals surface area (Å²) < 4.78 is 63.4. The van der Waals surface area contributed by atoms with Gasteiger partial charge in [0.25, 0.3) is 9.84 Å². The molecule has 2 aromatic carbocycles. The molecule has 0 spiro atoms. The second kappa shape index (κ2) is 13.1. The van der Waals surface area contributed by atoms with Gasteiger partial charge in [-0.1, -0.05) is 50.4 Å². The van der Waals surface area contributed by atoms with Crippen LogP contribution in [0.25, 0.3) is 5.57 Å². The first-order chi connectivity index (χ1) is 17.3. The second-order valence-corrected chi connectivity index (χ2v) is 10.6. The maximum absolute atomic E-state index is 13.1. The Hall–Kier alpha value is -2.89. The molecule has 0 heterocycles. The zero-order valence-electron chi connectivity index (χ0n) is 20.9. The Morgan fingerprint density at radius 3 is 2.41 bits per heavy atom. The number of hydrogen-bond acceptors (Lipinski definition) is 5. The van der Waals surface area contributed by atoms with Crippen molar-refractivity contribution in [3.63, 3.8) is 0 Å². The molecule has 2 rings (SSSR count). The van der Waals surface area contributed by atoms with E-state index in [1.54, 1.807) is 6.92 Å². The number of amides is 1. The zero-order chi connectivity index (χ0) is 27.8. The lowest BCUT2D eigenvalue weighted by Crippen LogP contribution is -2.33. The minimum atomic E-state index is -5.56. The Morgan fingerprint density at radius 2 is 1.81 bits per heavy atom. The maximum atomic E-state index is 13.1. The maximum Gasteiger partial charge on any atom is 0.501 e. The van der Waals surface area contributed by atoms with Crippen LogP contribution in [0.5, 0.6) is 0 Å². The van der Waals surface area contributed by atoms with Crippen LogP contribution in [0.15, 0.2) is 66.1 Å². The van der Waals surface area contributed by atoms with E-state index in [4.69, 9.17) is 0 Å². The van der Waals surface area contributed by atoms with Gasteiger partial charge in [-0.2, -0.15) is 13.2 Å². The molecule has 1 amide bonds. The first-order valence-electron chi connectivity index (χ1n) is 11.7. The van der Waals surface area contributed by atoms with Gasteiger partial charge in [0.15, 0.2) is 0 Å². The van der Waals surface area contributed by atoms with Crippen molar-refractivity contribution in [3.8, 4) is 0 Å². The first kappa shape index (κ1) is 30.3. The van der Waals surface area contributed by atoms with E-state index < -0.39 is 20.2 Å². The smallest absolute Gasteiger partial charge is 0.450 e. The van der Waals surface area contributed by atoms with Gasteiger partial charge in [0.2, 0.25) is 5.91 Å². The van der Waals surface area contributed by atoms with Gasteiger partial charge in [-0.05, 0) is 59.6 Å². The van der Waals surface area contributed by atoms with E-state index in [-0.39, 0.29) is 23.5 Å². The highest BCUT2D eigenvalue weighted by Gasteiger charge is 2.47. The molecule has 0 atom stereocenters. The van der Waals surface area contributed by atoms with E-state index in [2.05, 4.69) is 18.5 Å². The fourth-order valence-corrected chi connectivity index (χ4v) is 4.60. The summed E-state index contributed by atoms with van der Waals surface area (Å²) in [6, 6.07) is 10.6. The Balaban J connectivity index is 2.35. The Kier molecular flexibility index (Phi) is 10.7. The van der Waals surface area contributed by atoms with Gasteiger partial charge in [-0.15, -0.1) is 0 Å². The molecule has 199 valence electrons. The topological polar surface area (TPSA) is 86.7 Å². The molecule has 0 unspecified atom stereocenters. The van der Waals surface area contributed by atoms with Crippen LogP contribution in [-0.2, 0) is 27.6 Å². The van der Waals surface area contributed by atoms with E-state index in [1.165, 1.54) is 0 Å². The van der Waals surface area contributed by atoms with Gasteiger partial charge in [0, 0.05) is 31.8 Å². The van der Waals surface area contributed by atoms with Gasteiger partial charge in [0.1, 0.15) is 0 Å². The number of halogens is 3. The molecule has 0 saturated carbocycles. The molecule has 2 N–H and O–H groups in total. The molecule has 2 aromatic rings. The number of carbonyl (C=O) groups is 1. The number of benzene rings is 2. The molecule has 0 bridgehead atoms. The van der Waals surface area contributed by atoms with Gasteiger partial charge in [-0.25, -0.2) is 8.42 Å². The van der Waals surface area contributed by atoms with Gasteiger partial charge in [-0.3, -0.25) is 9.69 Å². The molecule has 6 nitrogen and oxygen atoms in total. The molecule has 0 aliphatic rings. The summed E-state index contributed by atoms with van der Waals surface area (Å²) in [5, 5.41) is 12.4. The molecule has 0 aliphatic heterocycles. The van der Waals surface area contributed by atoms with Crippen molar-refractivity contribution in [1.29, 1.82) is 0 Å². The molecular formula is C26H31BF3N2O4S. The van der Waals surface area contributed by atoms with Crippen LogP contribution in [0.2, 0.25) is 0 Å². The average molecular weight is 535 g/mol. The van der Waals surface area contributed by atoms with Crippen LogP contribution in [0, 0.1) is 0 Å². The number of carbonyl (C=O) groups excluding carboxylic acids is 1. The number of nitrogens with zero attached hydrogens (tertiary/aromatic N) is 1. The number of hydrogen-bond donors (Lipinski definition) is 2. The third-order valence-electron chi connectivity index (χ3n) is 5.78. The summed E-state index contributed by atoms with van der Waals surface area (Å²) >= 11 is 0. The number of sulfone groups is 1. The molecule has 0 aromatic heterocycles. The third-order valence-corrected chi connectivity index (χ3v) is 7.26. The fourth-order valence-electron chi connectivity index (χ4n) is 3.78. The highest BCUT2D eigenvalue weighted by Crippen LogP contribution is 2.30. The van der Waals surface area contributed by atoms with Crippen molar-refractivity contribution in [2.24, 2.45) is 0 Å². The molecule has 0 fully saturated rings. The quantitative estimate of drug-likeness (QED) is 0.234. The van der Waals surface area contributed by atoms with Crippen LogP contribution in [-0.4, -0.2) is 56.9 Å². The van der Waals surface area contributed by atoms with Crippen molar-refractivity contribution < 1.29 is 31.4 Å². The normalized spacial score (nSPS) is 11.9. The van der Waals surface area contributed by atoms with E-state index in [0.29, 0.717) is 31.6 Å². The minimum Gasteiger partial charge on any atom is -0.450 e. The number of rotatable bonds is 13. The third kappa shape index (κ3) is 8.05. The van der Waals surface area contributed by atoms with Crippen molar-refractivity contribution in [3.05, 3.63) is 77.9 Å². The molecule has 0 saturated heterocycles. The lowest BCUT2D eigenvalue weighted by atomic mass is 9.84. The summed E-state index contributed by atoms with van der Waals surface area (Å²) in [6.07, 6.45) is 1.28. The van der Waals surface area contributed by atoms with Crippen LogP contribution < -0.4 is 10.8 Å². The highest BCUT2D eigenvalue weighted by molar-refractivity contribution is 7.92. The number of aryl methyl sites for hydroxylation is 1. The lowest BCUT2D eigenvalue weighted by molar-refractivity contribution is -0.117. The summed E-state index contributed by atoms with van der Waals surface area (Å²) in [7, 11) is -4.83. The molecular weight excluding hydrogens is 504 g/mol. The Labute approximate surface area is 217 Å². The second-order valence-electron chi connectivity index (χ2n) is 8.65. The Bertz CT molecular complexity index is 1250. The van der Waals surface area contributed by atoms with Gasteiger partial charge < -0.3 is 10.3 Å². The van der Waals surface area contributed by atoms with Crippen LogP contribution in [0.1, 0.15) is 37.0 Å². The molecule has 1 radical (unpaired) electrons. The van der Waals surface area contributed by atoms with Crippen molar-refractivity contribution in [2.75, 3.05) is 19.6 Å². The molecule has 11 heteroatoms. The Morgan fingerprint density at radius 1 is 1.14 bits per heavy atom. The largest absolute Gasteiger partial charge is 0.501 e. The van der Waals surface area contributed by atoms with Crippen molar-refractivity contribution in [2.45, 2.75) is 43.6 Å². The summed E-state index contributed by atoms with van der Waals surface area (Å²) in [5.41, 5.74) is -1.87. The van der Waals surface area contributed by atoms with Crippen LogP contribution >= 0.6 is 0 Å². The fraction of sp³-hybridized carbons (Fsp3) is 0.346. The lowest BCUT2D eigenvalue weighted by Gasteiger charge is -2.26. The monoisotopic (exact) mass is 535 g/mol. The van der Waals surface area contributed by atoms with Crippen molar-refractivity contribution >= 4 is 34.3 Å². The van der Waals surface area contributed by atoms with Crippen molar-refractivity contribution in [1.82, 2.24) is 10.2 Å². The average Bonchev–Trinajstić information content (AvgIpc) is 2.85. The summed E-state index contributed by atoms with van der Waals surface area (Å²) in [6.45, 7) is 12.5. The van der Waals surface area contributed by atoms with Crippen LogP contribution in [0.4, 0.5) is 13.2 Å². The van der Waals surface area contributed by atoms with E-state index in [1.807, 2.05) is 36.1 Å². The SMILES string of the molecule is C=C(C)C(=O)NCCCN(CC(=C)c1ccccc1CC)Cc1cc(S(=O)(=O)C(F)(F)F)ccc1[B]O. The minimum absolute atomic E-state index is 0.0371. The predicted octanol–water partition coefficient (Wildman–Crippen LogP) is 3.38. The van der Waals surface area contributed by atoms with E-state index in [9.17, 15) is 31.4 Å². The van der Waals surface area contributed by atoms with Gasteiger partial charge in [0.05, 0.1) is 4.90 Å². The highest BCUT2D eigenvalue weighted by atomic mass is 32.2. The summed E-state index contributed by atoms with van der Waals surface area (Å²) in [5.74, 6) is -0.282. The van der Waals surface area contributed by atoms with E-state index in [0.717, 1.165) is 48.8 Å². The van der Waals surface area contributed by atoms with Crippen LogP contribution in [0.3, 0.4) is 0 Å².